The molecule has 1 heterocycles. The fourth-order valence-electron chi connectivity index (χ4n) is 2.30. The lowest BCUT2D eigenvalue weighted by Crippen LogP contribution is -2.15. The number of hydrogen-bond acceptors (Lipinski definition) is 4. The molecule has 0 aliphatic carbocycles. The first-order valence-corrected chi connectivity index (χ1v) is 8.93. The van der Waals surface area contributed by atoms with Crippen molar-refractivity contribution in [2.45, 2.75) is 19.9 Å². The molecule has 3 aromatic rings. The Morgan fingerprint density at radius 3 is 2.69 bits per heavy atom. The van der Waals surface area contributed by atoms with Crippen LogP contribution in [0.15, 0.2) is 47.5 Å². The predicted octanol–water partition coefficient (Wildman–Crippen LogP) is 4.74. The molecule has 1 amide bonds. The number of hydrogen-bond donors (Lipinski definition) is 2. The summed E-state index contributed by atoms with van der Waals surface area (Å²) < 4.78 is 0.925. The quantitative estimate of drug-likeness (QED) is 0.483. The van der Waals surface area contributed by atoms with E-state index in [0.717, 1.165) is 15.8 Å². The Bertz CT molecular complexity index is 969. The maximum Gasteiger partial charge on any atom is 0.258 e. The number of thiazole rings is 1. The van der Waals surface area contributed by atoms with Crippen LogP contribution in [0.1, 0.15) is 29.8 Å². The number of benzene rings is 2. The molecule has 0 aliphatic rings. The Kier molecular flexibility index (Phi) is 6.58. The number of nitrogens with zero attached hydrogens (tertiary/aromatic N) is 2. The molecule has 136 valence electrons. The van der Waals surface area contributed by atoms with Crippen LogP contribution in [0.5, 0.6) is 0 Å². The van der Waals surface area contributed by atoms with Gasteiger partial charge < -0.3 is 5.73 Å². The van der Waals surface area contributed by atoms with Crippen LogP contribution in [0, 0.1) is 0 Å². The van der Waals surface area contributed by atoms with Crippen molar-refractivity contribution in [3.05, 3.63) is 58.6 Å². The third-order valence-electron chi connectivity index (χ3n) is 3.42. The largest absolute Gasteiger partial charge is 0.383 e. The number of halogens is 2. The average molecular weight is 409 g/mol. The molecular weight excluding hydrogens is 391 g/mol. The number of nitrogens with two attached hydrogens (primary N) is 1. The highest BCUT2D eigenvalue weighted by Gasteiger charge is 2.13. The normalized spacial score (nSPS) is 11.5. The minimum atomic E-state index is -0.286. The van der Waals surface area contributed by atoms with Crippen LogP contribution in [-0.2, 0) is 0 Å². The summed E-state index contributed by atoms with van der Waals surface area (Å²) in [5, 5.41) is 3.71. The second kappa shape index (κ2) is 8.49. The van der Waals surface area contributed by atoms with E-state index in [-0.39, 0.29) is 24.4 Å². The smallest absolute Gasteiger partial charge is 0.258 e. The lowest BCUT2D eigenvalue weighted by Gasteiger charge is -2.03. The van der Waals surface area contributed by atoms with E-state index in [1.165, 1.54) is 11.3 Å². The highest BCUT2D eigenvalue weighted by molar-refractivity contribution is 7.22. The van der Waals surface area contributed by atoms with E-state index in [4.69, 9.17) is 17.3 Å². The number of amidine groups is 1. The Morgan fingerprint density at radius 1 is 1.27 bits per heavy atom. The van der Waals surface area contributed by atoms with Crippen LogP contribution in [-0.4, -0.2) is 22.8 Å². The fraction of sp³-hybridized carbons (Fsp3) is 0.167. The Balaban J connectivity index is 0.00000243. The number of carbonyl (C=O) groups is 1. The monoisotopic (exact) mass is 408 g/mol. The van der Waals surface area contributed by atoms with Gasteiger partial charge in [0.25, 0.3) is 5.91 Å². The maximum atomic E-state index is 12.3. The molecular formula is C18H18Cl2N4OS. The van der Waals surface area contributed by atoms with E-state index in [1.807, 2.05) is 32.0 Å². The van der Waals surface area contributed by atoms with Crippen molar-refractivity contribution in [3.63, 3.8) is 0 Å². The van der Waals surface area contributed by atoms with Gasteiger partial charge in [-0.3, -0.25) is 15.1 Å². The molecule has 26 heavy (non-hydrogen) atoms. The van der Waals surface area contributed by atoms with Crippen LogP contribution >= 0.6 is 35.3 Å². The molecule has 5 nitrogen and oxygen atoms in total. The van der Waals surface area contributed by atoms with Crippen molar-refractivity contribution >= 4 is 62.4 Å². The molecule has 0 saturated carbocycles. The molecule has 0 fully saturated rings. The van der Waals surface area contributed by atoms with Crippen molar-refractivity contribution in [2.75, 3.05) is 5.32 Å². The molecule has 0 aliphatic heterocycles. The summed E-state index contributed by atoms with van der Waals surface area (Å²) in [6.07, 6.45) is 0. The van der Waals surface area contributed by atoms with E-state index in [2.05, 4.69) is 15.3 Å². The van der Waals surface area contributed by atoms with Gasteiger partial charge >= 0.3 is 0 Å². The van der Waals surface area contributed by atoms with Gasteiger partial charge in [0, 0.05) is 11.6 Å². The topological polar surface area (TPSA) is 80.4 Å². The standard InChI is InChI=1S/C18H17ClN4OS.ClH/c1-10(2)21-16(20)11-7-8-14-15(9-11)25-18(22-14)23-17(24)12-5-3-4-6-13(12)19;/h3-10H,1-2H3,(H2,20,21)(H,22,23,24);1H. The molecule has 0 atom stereocenters. The Hall–Kier alpha value is -2.15. The third-order valence-corrected chi connectivity index (χ3v) is 4.68. The molecule has 0 saturated heterocycles. The van der Waals surface area contributed by atoms with Gasteiger partial charge in [-0.05, 0) is 44.2 Å². The van der Waals surface area contributed by atoms with E-state index < -0.39 is 0 Å². The van der Waals surface area contributed by atoms with Gasteiger partial charge in [-0.2, -0.15) is 0 Å². The number of aliphatic imine (C=N–C) groups is 1. The van der Waals surface area contributed by atoms with E-state index in [9.17, 15) is 4.79 Å². The van der Waals surface area contributed by atoms with Crippen molar-refractivity contribution < 1.29 is 4.79 Å². The number of rotatable bonds is 4. The first-order chi connectivity index (χ1) is 11.9. The third kappa shape index (κ3) is 4.52. The van der Waals surface area contributed by atoms with Gasteiger partial charge in [0.15, 0.2) is 5.13 Å². The molecule has 0 radical (unpaired) electrons. The van der Waals surface area contributed by atoms with Gasteiger partial charge in [-0.1, -0.05) is 35.1 Å². The number of anilines is 1. The van der Waals surface area contributed by atoms with Crippen molar-refractivity contribution in [1.82, 2.24) is 4.98 Å². The van der Waals surface area contributed by atoms with Crippen molar-refractivity contribution in [2.24, 2.45) is 10.7 Å². The molecule has 2 aromatic carbocycles. The minimum Gasteiger partial charge on any atom is -0.383 e. The van der Waals surface area contributed by atoms with E-state index in [0.29, 0.717) is 21.6 Å². The first-order valence-electron chi connectivity index (χ1n) is 7.74. The van der Waals surface area contributed by atoms with Crippen LogP contribution in [0.4, 0.5) is 5.13 Å². The molecule has 0 bridgehead atoms. The van der Waals surface area contributed by atoms with E-state index in [1.54, 1.807) is 24.3 Å². The van der Waals surface area contributed by atoms with E-state index >= 15 is 0 Å². The maximum absolute atomic E-state index is 12.3. The van der Waals surface area contributed by atoms with Crippen molar-refractivity contribution in [3.8, 4) is 0 Å². The summed E-state index contributed by atoms with van der Waals surface area (Å²) in [6.45, 7) is 3.95. The predicted molar refractivity (Wildman–Crippen MR) is 112 cm³/mol. The zero-order valence-electron chi connectivity index (χ0n) is 14.2. The SMILES string of the molecule is CC(C)N=C(N)c1ccc2nc(NC(=O)c3ccccc3Cl)sc2c1.Cl. The van der Waals surface area contributed by atoms with Crippen molar-refractivity contribution in [1.29, 1.82) is 0 Å². The molecule has 0 spiro atoms. The number of aromatic nitrogens is 1. The number of nitrogens with one attached hydrogen (secondary N) is 1. The molecule has 0 unspecified atom stereocenters. The number of fused-ring (bicyclic) bond motifs is 1. The van der Waals surface area contributed by atoms with Crippen LogP contribution < -0.4 is 11.1 Å². The van der Waals surface area contributed by atoms with Gasteiger partial charge in [-0.15, -0.1) is 12.4 Å². The summed E-state index contributed by atoms with van der Waals surface area (Å²) in [5.41, 5.74) is 8.06. The zero-order chi connectivity index (χ0) is 18.0. The first kappa shape index (κ1) is 20.2. The molecule has 3 rings (SSSR count). The lowest BCUT2D eigenvalue weighted by molar-refractivity contribution is 0.102. The molecule has 1 aromatic heterocycles. The second-order valence-electron chi connectivity index (χ2n) is 5.74. The number of amides is 1. The highest BCUT2D eigenvalue weighted by Crippen LogP contribution is 2.28. The average Bonchev–Trinajstić information content (AvgIpc) is 2.95. The Morgan fingerprint density at radius 2 is 2.00 bits per heavy atom. The summed E-state index contributed by atoms with van der Waals surface area (Å²) in [5.74, 6) is 0.206. The van der Waals surface area contributed by atoms with Crippen LogP contribution in [0.2, 0.25) is 5.02 Å². The van der Waals surface area contributed by atoms with Gasteiger partial charge in [0.2, 0.25) is 0 Å². The van der Waals surface area contributed by atoms with Crippen LogP contribution in [0.3, 0.4) is 0 Å². The number of carbonyl (C=O) groups excluding carboxylic acids is 1. The molecule has 8 heteroatoms. The van der Waals surface area contributed by atoms with Gasteiger partial charge in [0.05, 0.1) is 20.8 Å². The summed E-state index contributed by atoms with van der Waals surface area (Å²) in [4.78, 5) is 21.1. The van der Waals surface area contributed by atoms with Gasteiger partial charge in [0.1, 0.15) is 5.84 Å². The second-order valence-corrected chi connectivity index (χ2v) is 7.18. The molecule has 3 N–H and O–H groups in total. The summed E-state index contributed by atoms with van der Waals surface area (Å²) >= 11 is 7.44. The van der Waals surface area contributed by atoms with Gasteiger partial charge in [-0.25, -0.2) is 4.98 Å². The summed E-state index contributed by atoms with van der Waals surface area (Å²) in [7, 11) is 0. The Labute approximate surface area is 166 Å². The summed E-state index contributed by atoms with van der Waals surface area (Å²) in [6, 6.07) is 12.7. The highest BCUT2D eigenvalue weighted by atomic mass is 35.5. The van der Waals surface area contributed by atoms with Crippen LogP contribution in [0.25, 0.3) is 10.2 Å². The zero-order valence-corrected chi connectivity index (χ0v) is 16.6. The minimum absolute atomic E-state index is 0. The lowest BCUT2D eigenvalue weighted by atomic mass is 10.2. The fourth-order valence-corrected chi connectivity index (χ4v) is 3.42.